The lowest BCUT2D eigenvalue weighted by Crippen LogP contribution is -2.40. The van der Waals surface area contributed by atoms with Crippen molar-refractivity contribution in [1.29, 1.82) is 0 Å². The molecule has 0 aromatic heterocycles. The summed E-state index contributed by atoms with van der Waals surface area (Å²) in [5, 5.41) is 0. The van der Waals surface area contributed by atoms with Crippen LogP contribution in [-0.2, 0) is 14.8 Å². The summed E-state index contributed by atoms with van der Waals surface area (Å²) in [6.07, 6.45) is 0. The largest absolute Gasteiger partial charge is 0.495 e. The van der Waals surface area contributed by atoms with Gasteiger partial charge in [0, 0.05) is 5.54 Å². The monoisotopic (exact) mass is 421 g/mol. The Morgan fingerprint density at radius 2 is 1.69 bits per heavy atom. The van der Waals surface area contributed by atoms with E-state index in [1.54, 1.807) is 20.8 Å². The first-order valence-electron chi connectivity index (χ1n) is 9.10. The number of rotatable bonds is 8. The first kappa shape index (κ1) is 22.7. The Morgan fingerprint density at radius 1 is 1.03 bits per heavy atom. The van der Waals surface area contributed by atoms with Gasteiger partial charge >= 0.3 is 5.97 Å². The molecule has 2 aromatic rings. The standard InChI is InChI=1S/C21H27NO6S/c1-15-6-9-17(10-7-15)27-12-13-28-20(23)16-8-11-18(26-5)19(14-16)29(24,25)22-21(2,3)4/h6-11,14,22H,12-13H2,1-5H3. The van der Waals surface area contributed by atoms with E-state index in [4.69, 9.17) is 14.2 Å². The Kier molecular flexibility index (Phi) is 7.26. The van der Waals surface area contributed by atoms with E-state index in [2.05, 4.69) is 4.72 Å². The molecule has 0 aliphatic carbocycles. The highest BCUT2D eigenvalue weighted by Gasteiger charge is 2.26. The van der Waals surface area contributed by atoms with Gasteiger partial charge in [-0.3, -0.25) is 0 Å². The molecule has 0 saturated heterocycles. The van der Waals surface area contributed by atoms with Crippen molar-refractivity contribution in [2.24, 2.45) is 0 Å². The summed E-state index contributed by atoms with van der Waals surface area (Å²) in [6.45, 7) is 7.37. The summed E-state index contributed by atoms with van der Waals surface area (Å²) in [4.78, 5) is 12.2. The molecule has 0 radical (unpaired) electrons. The normalized spacial score (nSPS) is 11.8. The van der Waals surface area contributed by atoms with Crippen LogP contribution >= 0.6 is 0 Å². The van der Waals surface area contributed by atoms with E-state index < -0.39 is 21.5 Å². The fourth-order valence-corrected chi connectivity index (χ4v) is 4.10. The summed E-state index contributed by atoms with van der Waals surface area (Å²) < 4.78 is 43.8. The minimum Gasteiger partial charge on any atom is -0.495 e. The van der Waals surface area contributed by atoms with Crippen molar-refractivity contribution in [3.05, 3.63) is 53.6 Å². The van der Waals surface area contributed by atoms with Crippen LogP contribution in [0, 0.1) is 6.92 Å². The molecule has 0 amide bonds. The van der Waals surface area contributed by atoms with Crippen molar-refractivity contribution >= 4 is 16.0 Å². The minimum atomic E-state index is -3.89. The van der Waals surface area contributed by atoms with Gasteiger partial charge < -0.3 is 14.2 Å². The molecule has 0 saturated carbocycles. The first-order chi connectivity index (χ1) is 13.5. The maximum atomic E-state index is 12.7. The zero-order valence-corrected chi connectivity index (χ0v) is 18.1. The van der Waals surface area contributed by atoms with Gasteiger partial charge in [-0.15, -0.1) is 0 Å². The average Bonchev–Trinajstić information content (AvgIpc) is 2.64. The lowest BCUT2D eigenvalue weighted by atomic mass is 10.1. The van der Waals surface area contributed by atoms with Crippen LogP contribution in [0.5, 0.6) is 11.5 Å². The van der Waals surface area contributed by atoms with E-state index >= 15 is 0 Å². The third-order valence-corrected chi connectivity index (χ3v) is 5.51. The smallest absolute Gasteiger partial charge is 0.338 e. The molecule has 29 heavy (non-hydrogen) atoms. The van der Waals surface area contributed by atoms with Crippen LogP contribution in [0.4, 0.5) is 0 Å². The van der Waals surface area contributed by atoms with Crippen LogP contribution in [0.2, 0.25) is 0 Å². The number of sulfonamides is 1. The fraction of sp³-hybridized carbons (Fsp3) is 0.381. The summed E-state index contributed by atoms with van der Waals surface area (Å²) in [7, 11) is -2.52. The number of ether oxygens (including phenoxy) is 3. The Hall–Kier alpha value is -2.58. The van der Waals surface area contributed by atoms with Crippen LogP contribution in [0.25, 0.3) is 0 Å². The van der Waals surface area contributed by atoms with E-state index in [9.17, 15) is 13.2 Å². The van der Waals surface area contributed by atoms with Crippen molar-refractivity contribution in [3.63, 3.8) is 0 Å². The van der Waals surface area contributed by atoms with Crippen LogP contribution in [-0.4, -0.2) is 40.2 Å². The lowest BCUT2D eigenvalue weighted by molar-refractivity contribution is 0.0450. The Labute approximate surface area is 172 Å². The van der Waals surface area contributed by atoms with Gasteiger partial charge in [-0.1, -0.05) is 17.7 Å². The third kappa shape index (κ3) is 6.76. The topological polar surface area (TPSA) is 90.9 Å². The van der Waals surface area contributed by atoms with E-state index in [-0.39, 0.29) is 29.4 Å². The van der Waals surface area contributed by atoms with Gasteiger partial charge in [0.15, 0.2) is 0 Å². The molecule has 0 aliphatic rings. The Morgan fingerprint density at radius 3 is 2.28 bits per heavy atom. The van der Waals surface area contributed by atoms with Crippen molar-refractivity contribution in [2.45, 2.75) is 38.1 Å². The van der Waals surface area contributed by atoms with Gasteiger partial charge in [-0.05, 0) is 58.0 Å². The summed E-state index contributed by atoms with van der Waals surface area (Å²) in [5.74, 6) is 0.172. The van der Waals surface area contributed by atoms with Crippen molar-refractivity contribution in [3.8, 4) is 11.5 Å². The highest BCUT2D eigenvalue weighted by Crippen LogP contribution is 2.26. The van der Waals surface area contributed by atoms with Crippen molar-refractivity contribution in [2.75, 3.05) is 20.3 Å². The number of carbonyl (C=O) groups excluding carboxylic acids is 1. The molecule has 0 atom stereocenters. The van der Waals surface area contributed by atoms with Crippen LogP contribution in [0.1, 0.15) is 36.7 Å². The van der Waals surface area contributed by atoms with E-state index in [1.807, 2.05) is 31.2 Å². The Balaban J connectivity index is 2.05. The number of benzene rings is 2. The minimum absolute atomic E-state index is 0.0288. The first-order valence-corrected chi connectivity index (χ1v) is 10.6. The maximum Gasteiger partial charge on any atom is 0.338 e. The zero-order valence-electron chi connectivity index (χ0n) is 17.3. The SMILES string of the molecule is COc1ccc(C(=O)OCCOc2ccc(C)cc2)cc1S(=O)(=O)NC(C)(C)C. The van der Waals surface area contributed by atoms with Gasteiger partial charge in [0.1, 0.15) is 29.6 Å². The van der Waals surface area contributed by atoms with E-state index in [0.29, 0.717) is 5.75 Å². The van der Waals surface area contributed by atoms with Gasteiger partial charge in [0.2, 0.25) is 10.0 Å². The second kappa shape index (κ2) is 9.28. The molecule has 1 N–H and O–H groups in total. The molecule has 2 aromatic carbocycles. The van der Waals surface area contributed by atoms with Crippen LogP contribution in [0.15, 0.2) is 47.4 Å². The number of hydrogen-bond donors (Lipinski definition) is 1. The molecular weight excluding hydrogens is 394 g/mol. The molecule has 7 nitrogen and oxygen atoms in total. The molecule has 0 aliphatic heterocycles. The van der Waals surface area contributed by atoms with Crippen molar-refractivity contribution < 1.29 is 27.4 Å². The molecule has 0 fully saturated rings. The number of methoxy groups -OCH3 is 1. The molecule has 2 rings (SSSR count). The van der Waals surface area contributed by atoms with Gasteiger partial charge in [0.25, 0.3) is 0 Å². The van der Waals surface area contributed by atoms with Gasteiger partial charge in [-0.2, -0.15) is 0 Å². The third-order valence-electron chi connectivity index (χ3n) is 3.74. The second-order valence-electron chi connectivity index (χ2n) is 7.52. The Bertz CT molecular complexity index is 946. The molecule has 0 spiro atoms. The van der Waals surface area contributed by atoms with Gasteiger partial charge in [0.05, 0.1) is 12.7 Å². The molecule has 0 unspecified atom stereocenters. The number of aryl methyl sites for hydroxylation is 1. The highest BCUT2D eigenvalue weighted by molar-refractivity contribution is 7.89. The summed E-state index contributed by atoms with van der Waals surface area (Å²) in [5.41, 5.74) is 0.540. The number of hydrogen-bond acceptors (Lipinski definition) is 6. The second-order valence-corrected chi connectivity index (χ2v) is 9.17. The number of nitrogens with one attached hydrogen (secondary N) is 1. The van der Waals surface area contributed by atoms with Crippen molar-refractivity contribution in [1.82, 2.24) is 4.72 Å². The maximum absolute atomic E-state index is 12.7. The summed E-state index contributed by atoms with van der Waals surface area (Å²) in [6, 6.07) is 11.6. The summed E-state index contributed by atoms with van der Waals surface area (Å²) >= 11 is 0. The predicted molar refractivity (Wildman–Crippen MR) is 110 cm³/mol. The lowest BCUT2D eigenvalue weighted by Gasteiger charge is -2.21. The van der Waals surface area contributed by atoms with E-state index in [1.165, 1.54) is 25.3 Å². The zero-order chi connectivity index (χ0) is 21.7. The molecule has 0 bridgehead atoms. The quantitative estimate of drug-likeness (QED) is 0.519. The number of esters is 1. The van der Waals surface area contributed by atoms with Crippen LogP contribution in [0.3, 0.4) is 0 Å². The molecular formula is C21H27NO6S. The van der Waals surface area contributed by atoms with E-state index in [0.717, 1.165) is 5.56 Å². The number of carbonyl (C=O) groups is 1. The van der Waals surface area contributed by atoms with Crippen LogP contribution < -0.4 is 14.2 Å². The fourth-order valence-electron chi connectivity index (χ4n) is 2.48. The average molecular weight is 422 g/mol. The highest BCUT2D eigenvalue weighted by atomic mass is 32.2. The molecule has 8 heteroatoms. The predicted octanol–water partition coefficient (Wildman–Crippen LogP) is 3.32. The molecule has 158 valence electrons. The molecule has 0 heterocycles. The van der Waals surface area contributed by atoms with Gasteiger partial charge in [-0.25, -0.2) is 17.9 Å².